The van der Waals surface area contributed by atoms with Crippen LogP contribution < -0.4 is 5.32 Å². The van der Waals surface area contributed by atoms with Crippen molar-refractivity contribution in [2.24, 2.45) is 0 Å². The monoisotopic (exact) mass is 458 g/mol. The maximum Gasteiger partial charge on any atom is 0.325 e. The average molecular weight is 459 g/mol. The molecule has 0 fully saturated rings. The minimum atomic E-state index is -1.09. The number of fused-ring (bicyclic) bond motifs is 1. The second kappa shape index (κ2) is 8.46. The number of aliphatic carboxylic acids is 1. The molecule has 7 nitrogen and oxygen atoms in total. The third-order valence-corrected chi connectivity index (χ3v) is 5.54. The molecular formula is C19H15BrN4O3S. The average Bonchev–Trinajstić information content (AvgIpc) is 3.05. The number of carbonyl (C=O) groups is 2. The molecule has 142 valence electrons. The molecule has 0 radical (unpaired) electrons. The summed E-state index contributed by atoms with van der Waals surface area (Å²) in [5.74, 6) is -1.46. The molecule has 28 heavy (non-hydrogen) atoms. The highest BCUT2D eigenvalue weighted by molar-refractivity contribution is 9.10. The fraction of sp³-hybridized carbons (Fsp3) is 0.158. The zero-order chi connectivity index (χ0) is 20.3. The van der Waals surface area contributed by atoms with E-state index in [1.54, 1.807) is 12.3 Å². The number of nitrogens with zero attached hydrogens (tertiary/aromatic N) is 3. The van der Waals surface area contributed by atoms with Gasteiger partial charge in [0.2, 0.25) is 5.91 Å². The van der Waals surface area contributed by atoms with Crippen molar-refractivity contribution in [3.05, 3.63) is 52.8 Å². The van der Waals surface area contributed by atoms with Gasteiger partial charge >= 0.3 is 5.97 Å². The number of halogens is 1. The minimum Gasteiger partial charge on any atom is -0.480 e. The molecule has 3 rings (SSSR count). The van der Waals surface area contributed by atoms with Gasteiger partial charge in [-0.05, 0) is 35.0 Å². The fourth-order valence-electron chi connectivity index (χ4n) is 2.69. The van der Waals surface area contributed by atoms with Gasteiger partial charge in [-0.25, -0.2) is 4.98 Å². The number of carboxylic acids is 1. The van der Waals surface area contributed by atoms with Crippen LogP contribution >= 0.6 is 27.7 Å². The van der Waals surface area contributed by atoms with Crippen molar-refractivity contribution < 1.29 is 14.7 Å². The molecule has 0 saturated carbocycles. The van der Waals surface area contributed by atoms with E-state index in [2.05, 4.69) is 32.3 Å². The number of amides is 1. The molecule has 1 amide bonds. The maximum atomic E-state index is 12.0. The van der Waals surface area contributed by atoms with E-state index in [0.717, 1.165) is 16.5 Å². The number of imidazole rings is 1. The first-order valence-corrected chi connectivity index (χ1v) is 10.0. The molecule has 0 aliphatic heterocycles. The molecule has 0 aliphatic rings. The lowest BCUT2D eigenvalue weighted by Crippen LogP contribution is -2.39. The van der Waals surface area contributed by atoms with Crippen LogP contribution in [0, 0.1) is 11.3 Å². The quantitative estimate of drug-likeness (QED) is 0.548. The molecule has 0 aliphatic carbocycles. The molecule has 1 unspecified atom stereocenters. The Morgan fingerprint density at radius 1 is 1.32 bits per heavy atom. The fourth-order valence-corrected chi connectivity index (χ4v) is 4.06. The first-order chi connectivity index (χ1) is 13.4. The summed E-state index contributed by atoms with van der Waals surface area (Å²) < 4.78 is 2.55. The summed E-state index contributed by atoms with van der Waals surface area (Å²) in [6.07, 6.45) is 1.63. The van der Waals surface area contributed by atoms with Crippen LogP contribution in [-0.4, -0.2) is 38.3 Å². The number of aromatic nitrogens is 2. The number of carboxylic acid groups (broad SMARTS) is 1. The van der Waals surface area contributed by atoms with Gasteiger partial charge in [-0.15, -0.1) is 0 Å². The Labute approximate surface area is 173 Å². The Morgan fingerprint density at radius 3 is 2.71 bits per heavy atom. The highest BCUT2D eigenvalue weighted by Gasteiger charge is 2.18. The third-order valence-electron chi connectivity index (χ3n) is 4.03. The van der Waals surface area contributed by atoms with Crippen LogP contribution in [0.5, 0.6) is 0 Å². The molecule has 0 saturated heterocycles. The second-order valence-corrected chi connectivity index (χ2v) is 7.66. The summed E-state index contributed by atoms with van der Waals surface area (Å²) in [6, 6.07) is 12.4. The van der Waals surface area contributed by atoms with E-state index < -0.39 is 17.9 Å². The van der Waals surface area contributed by atoms with E-state index in [-0.39, 0.29) is 5.75 Å². The van der Waals surface area contributed by atoms with Crippen molar-refractivity contribution in [3.8, 4) is 11.8 Å². The molecule has 2 N–H and O–H groups in total. The summed E-state index contributed by atoms with van der Waals surface area (Å²) >= 11 is 4.68. The largest absolute Gasteiger partial charge is 0.480 e. The van der Waals surface area contributed by atoms with Crippen molar-refractivity contribution in [3.63, 3.8) is 0 Å². The first-order valence-electron chi connectivity index (χ1n) is 8.22. The van der Waals surface area contributed by atoms with Crippen LogP contribution in [0.2, 0.25) is 0 Å². The Hall–Kier alpha value is -2.83. The van der Waals surface area contributed by atoms with Gasteiger partial charge in [0.1, 0.15) is 10.6 Å². The Kier molecular flexibility index (Phi) is 6.02. The Morgan fingerprint density at radius 2 is 2.04 bits per heavy atom. The Bertz CT molecular complexity index is 1110. The Balaban J connectivity index is 1.93. The van der Waals surface area contributed by atoms with E-state index in [1.807, 2.05) is 34.9 Å². The summed E-state index contributed by atoms with van der Waals surface area (Å²) in [4.78, 5) is 27.2. The minimum absolute atomic E-state index is 0.0231. The number of carbonyl (C=O) groups excluding carboxylic acids is 1. The van der Waals surface area contributed by atoms with Crippen LogP contribution in [0.4, 0.5) is 0 Å². The zero-order valence-corrected chi connectivity index (χ0v) is 17.1. The van der Waals surface area contributed by atoms with Crippen molar-refractivity contribution in [2.45, 2.75) is 18.1 Å². The number of hydrogen-bond donors (Lipinski definition) is 2. The molecule has 0 bridgehead atoms. The number of thioether (sulfide) groups is 1. The van der Waals surface area contributed by atoms with E-state index >= 15 is 0 Å². The highest BCUT2D eigenvalue weighted by Crippen LogP contribution is 2.32. The lowest BCUT2D eigenvalue weighted by Gasteiger charge is -2.13. The summed E-state index contributed by atoms with van der Waals surface area (Å²) in [7, 11) is 0. The van der Waals surface area contributed by atoms with Gasteiger partial charge in [0.15, 0.2) is 5.16 Å². The standard InChI is InChI=1S/C19H15BrN4O3S/c1-11(18(26)27)23-17(25)10-28-19-22-9-16(20)24(19)15-7-6-12(8-21)13-4-2-3-5-14(13)15/h2-7,9,11H,10H2,1H3,(H,23,25)(H,26,27). The number of hydrogen-bond acceptors (Lipinski definition) is 5. The molecular weight excluding hydrogens is 444 g/mol. The van der Waals surface area contributed by atoms with Gasteiger partial charge in [0.05, 0.1) is 29.3 Å². The zero-order valence-electron chi connectivity index (χ0n) is 14.7. The smallest absolute Gasteiger partial charge is 0.325 e. The maximum absolute atomic E-state index is 12.0. The van der Waals surface area contributed by atoms with Crippen LogP contribution in [0.25, 0.3) is 16.5 Å². The van der Waals surface area contributed by atoms with Crippen molar-refractivity contribution in [1.82, 2.24) is 14.9 Å². The van der Waals surface area contributed by atoms with Crippen LogP contribution in [0.1, 0.15) is 12.5 Å². The number of nitriles is 1. The highest BCUT2D eigenvalue weighted by atomic mass is 79.9. The van der Waals surface area contributed by atoms with E-state index in [9.17, 15) is 14.9 Å². The number of nitrogens with one attached hydrogen (secondary N) is 1. The summed E-state index contributed by atoms with van der Waals surface area (Å²) in [5, 5.41) is 22.9. The molecule has 9 heteroatoms. The van der Waals surface area contributed by atoms with Gasteiger partial charge in [-0.1, -0.05) is 36.0 Å². The SMILES string of the molecule is CC(NC(=O)CSc1ncc(Br)n1-c1ccc(C#N)c2ccccc12)C(=O)O. The molecule has 0 spiro atoms. The topological polar surface area (TPSA) is 108 Å². The van der Waals surface area contributed by atoms with Gasteiger partial charge in [-0.3, -0.25) is 14.2 Å². The van der Waals surface area contributed by atoms with Gasteiger partial charge in [0.25, 0.3) is 0 Å². The second-order valence-electron chi connectivity index (χ2n) is 5.90. The van der Waals surface area contributed by atoms with Crippen LogP contribution in [0.3, 0.4) is 0 Å². The van der Waals surface area contributed by atoms with Gasteiger partial charge in [0, 0.05) is 10.8 Å². The van der Waals surface area contributed by atoms with Crippen molar-refractivity contribution in [2.75, 3.05) is 5.75 Å². The van der Waals surface area contributed by atoms with Crippen LogP contribution in [-0.2, 0) is 9.59 Å². The summed E-state index contributed by atoms with van der Waals surface area (Å²) in [6.45, 7) is 1.41. The first kappa shape index (κ1) is 19.9. The van der Waals surface area contributed by atoms with E-state index in [0.29, 0.717) is 15.3 Å². The predicted molar refractivity (Wildman–Crippen MR) is 109 cm³/mol. The van der Waals surface area contributed by atoms with Crippen molar-refractivity contribution >= 4 is 50.3 Å². The molecule has 3 aromatic rings. The van der Waals surface area contributed by atoms with E-state index in [4.69, 9.17) is 5.11 Å². The van der Waals surface area contributed by atoms with Gasteiger partial charge in [-0.2, -0.15) is 5.26 Å². The lowest BCUT2D eigenvalue weighted by atomic mass is 10.0. The van der Waals surface area contributed by atoms with Gasteiger partial charge < -0.3 is 10.4 Å². The normalized spacial score (nSPS) is 11.8. The molecule has 2 aromatic carbocycles. The van der Waals surface area contributed by atoms with E-state index in [1.165, 1.54) is 18.7 Å². The number of benzene rings is 2. The molecule has 1 heterocycles. The summed E-state index contributed by atoms with van der Waals surface area (Å²) in [5.41, 5.74) is 1.40. The third kappa shape index (κ3) is 4.03. The predicted octanol–water partition coefficient (Wildman–Crippen LogP) is 3.34. The lowest BCUT2D eigenvalue weighted by molar-refractivity contribution is -0.140. The van der Waals surface area contributed by atoms with Crippen LogP contribution in [0.15, 0.2) is 52.4 Å². The molecule has 1 aromatic heterocycles. The van der Waals surface area contributed by atoms with Crippen molar-refractivity contribution in [1.29, 1.82) is 5.26 Å². The molecule has 1 atom stereocenters. The number of rotatable bonds is 6.